The molecule has 17 heavy (non-hydrogen) atoms. The molecule has 0 aromatic carbocycles. The molecule has 2 aromatic heterocycles. The van der Waals surface area contributed by atoms with Crippen LogP contribution in [0.2, 0.25) is 0 Å². The minimum atomic E-state index is 0.809. The lowest BCUT2D eigenvalue weighted by molar-refractivity contribution is 0.405. The quantitative estimate of drug-likeness (QED) is 0.650. The van der Waals surface area contributed by atoms with Gasteiger partial charge < -0.3 is 4.90 Å². The second kappa shape index (κ2) is 4.25. The molecule has 0 unspecified atom stereocenters. The van der Waals surface area contributed by atoms with Gasteiger partial charge in [0.05, 0.1) is 24.3 Å². The molecule has 3 rings (SSSR count). The van der Waals surface area contributed by atoms with Crippen LogP contribution in [0.3, 0.4) is 0 Å². The fourth-order valence-electron chi connectivity index (χ4n) is 1.92. The molecule has 0 aliphatic carbocycles. The van der Waals surface area contributed by atoms with Crippen LogP contribution in [0, 0.1) is 5.41 Å². The molecule has 0 saturated heterocycles. The molecule has 0 spiro atoms. The molecular weight excluding hydrogens is 232 g/mol. The van der Waals surface area contributed by atoms with Gasteiger partial charge in [0.25, 0.3) is 0 Å². The first-order valence-corrected chi connectivity index (χ1v) is 6.33. The number of nitrogens with one attached hydrogen (secondary N) is 1. The highest BCUT2D eigenvalue weighted by atomic mass is 32.1. The van der Waals surface area contributed by atoms with Crippen molar-refractivity contribution < 1.29 is 0 Å². The van der Waals surface area contributed by atoms with E-state index in [9.17, 15) is 0 Å². The number of thiazole rings is 1. The molecule has 1 aliphatic heterocycles. The molecule has 0 atom stereocenters. The molecule has 0 saturated carbocycles. The van der Waals surface area contributed by atoms with E-state index in [4.69, 9.17) is 5.41 Å². The van der Waals surface area contributed by atoms with Crippen LogP contribution in [-0.4, -0.2) is 27.8 Å². The van der Waals surface area contributed by atoms with E-state index in [1.165, 1.54) is 16.9 Å². The molecule has 4 nitrogen and oxygen atoms in total. The highest BCUT2D eigenvalue weighted by molar-refractivity contribution is 7.15. The number of rotatable bonds is 2. The summed E-state index contributed by atoms with van der Waals surface area (Å²) >= 11 is 1.69. The van der Waals surface area contributed by atoms with Crippen molar-refractivity contribution in [3.05, 3.63) is 35.0 Å². The second-order valence-corrected chi connectivity index (χ2v) is 5.04. The Morgan fingerprint density at radius 2 is 2.35 bits per heavy atom. The van der Waals surface area contributed by atoms with E-state index in [2.05, 4.69) is 9.97 Å². The van der Waals surface area contributed by atoms with E-state index in [0.717, 1.165) is 30.2 Å². The summed E-state index contributed by atoms with van der Waals surface area (Å²) < 4.78 is 0. The zero-order valence-electron chi connectivity index (χ0n) is 9.26. The normalized spacial score (nSPS) is 14.5. The van der Waals surface area contributed by atoms with Gasteiger partial charge in [0.2, 0.25) is 0 Å². The maximum Gasteiger partial charge on any atom is 0.142 e. The fourth-order valence-corrected chi connectivity index (χ4v) is 3.03. The molecule has 86 valence electrons. The molecule has 2 aromatic rings. The smallest absolute Gasteiger partial charge is 0.142 e. The van der Waals surface area contributed by atoms with Gasteiger partial charge >= 0.3 is 0 Å². The van der Waals surface area contributed by atoms with E-state index in [0.29, 0.717) is 0 Å². The van der Waals surface area contributed by atoms with Crippen LogP contribution in [0.5, 0.6) is 0 Å². The van der Waals surface area contributed by atoms with E-state index >= 15 is 0 Å². The van der Waals surface area contributed by atoms with Crippen LogP contribution >= 0.6 is 11.3 Å². The first-order valence-electron chi connectivity index (χ1n) is 5.51. The number of nitrogens with zero attached hydrogens (tertiary/aromatic N) is 3. The number of hydrogen-bond donors (Lipinski definition) is 1. The predicted octanol–water partition coefficient (Wildman–Crippen LogP) is 2.17. The standard InChI is InChI=1S/C12H12N4S/c13-8-16-6-4-9-11(7-16)17-12(15-9)10-3-1-2-5-14-10/h1-3,5,8,13H,4,6-7H2. The van der Waals surface area contributed by atoms with Gasteiger partial charge in [-0.2, -0.15) is 0 Å². The van der Waals surface area contributed by atoms with Gasteiger partial charge in [0.15, 0.2) is 0 Å². The van der Waals surface area contributed by atoms with Crippen molar-refractivity contribution >= 4 is 17.7 Å². The SMILES string of the molecule is N=CN1CCc2nc(-c3ccccn3)sc2C1. The molecule has 5 heteroatoms. The summed E-state index contributed by atoms with van der Waals surface area (Å²) in [5.74, 6) is 0. The lowest BCUT2D eigenvalue weighted by Gasteiger charge is -2.22. The number of fused-ring (bicyclic) bond motifs is 1. The summed E-state index contributed by atoms with van der Waals surface area (Å²) in [6.07, 6.45) is 4.12. The van der Waals surface area contributed by atoms with Crippen molar-refractivity contribution in [1.29, 1.82) is 5.41 Å². The van der Waals surface area contributed by atoms with Crippen molar-refractivity contribution in [1.82, 2.24) is 14.9 Å². The zero-order chi connectivity index (χ0) is 11.7. The summed E-state index contributed by atoms with van der Waals surface area (Å²) in [7, 11) is 0. The first kappa shape index (κ1) is 10.4. The maximum atomic E-state index is 7.28. The summed E-state index contributed by atoms with van der Waals surface area (Å²) in [6.45, 7) is 1.70. The van der Waals surface area contributed by atoms with Gasteiger partial charge in [-0.05, 0) is 12.1 Å². The second-order valence-electron chi connectivity index (χ2n) is 3.95. The third-order valence-electron chi connectivity index (χ3n) is 2.83. The molecule has 1 aliphatic rings. The maximum absolute atomic E-state index is 7.28. The number of aromatic nitrogens is 2. The molecule has 0 fully saturated rings. The van der Waals surface area contributed by atoms with E-state index in [1.807, 2.05) is 23.1 Å². The van der Waals surface area contributed by atoms with Gasteiger partial charge in [0.1, 0.15) is 5.01 Å². The Morgan fingerprint density at radius 3 is 3.12 bits per heavy atom. The zero-order valence-corrected chi connectivity index (χ0v) is 10.1. The van der Waals surface area contributed by atoms with Crippen LogP contribution in [0.25, 0.3) is 10.7 Å². The van der Waals surface area contributed by atoms with Crippen LogP contribution in [0.15, 0.2) is 24.4 Å². The Morgan fingerprint density at radius 1 is 1.41 bits per heavy atom. The molecule has 0 bridgehead atoms. The van der Waals surface area contributed by atoms with E-state index in [1.54, 1.807) is 17.5 Å². The Bertz CT molecular complexity index is 535. The average Bonchev–Trinajstić information content (AvgIpc) is 2.82. The monoisotopic (exact) mass is 244 g/mol. The average molecular weight is 244 g/mol. The summed E-state index contributed by atoms with van der Waals surface area (Å²) in [4.78, 5) is 12.2. The Hall–Kier alpha value is -1.75. The highest BCUT2D eigenvalue weighted by Crippen LogP contribution is 2.30. The Labute approximate surface area is 103 Å². The summed E-state index contributed by atoms with van der Waals surface area (Å²) in [5, 5.41) is 8.27. The molecule has 3 heterocycles. The van der Waals surface area contributed by atoms with Gasteiger partial charge in [-0.25, -0.2) is 4.98 Å². The van der Waals surface area contributed by atoms with E-state index < -0.39 is 0 Å². The Kier molecular flexibility index (Phi) is 2.60. The van der Waals surface area contributed by atoms with Crippen LogP contribution in [0.1, 0.15) is 10.6 Å². The largest absolute Gasteiger partial charge is 0.358 e. The van der Waals surface area contributed by atoms with Crippen LogP contribution in [0.4, 0.5) is 0 Å². The van der Waals surface area contributed by atoms with Crippen molar-refractivity contribution in [2.75, 3.05) is 6.54 Å². The molecule has 0 amide bonds. The minimum Gasteiger partial charge on any atom is -0.358 e. The third-order valence-corrected chi connectivity index (χ3v) is 3.93. The fraction of sp³-hybridized carbons (Fsp3) is 0.250. The minimum absolute atomic E-state index is 0.809. The summed E-state index contributed by atoms with van der Waals surface area (Å²) in [5.41, 5.74) is 2.11. The van der Waals surface area contributed by atoms with Gasteiger partial charge in [-0.1, -0.05) is 6.07 Å². The predicted molar refractivity (Wildman–Crippen MR) is 68.2 cm³/mol. The number of hydrogen-bond acceptors (Lipinski definition) is 4. The van der Waals surface area contributed by atoms with E-state index in [-0.39, 0.29) is 0 Å². The van der Waals surface area contributed by atoms with Gasteiger partial charge in [-0.15, -0.1) is 11.3 Å². The van der Waals surface area contributed by atoms with Gasteiger partial charge in [-0.3, -0.25) is 10.4 Å². The van der Waals surface area contributed by atoms with Gasteiger partial charge in [0, 0.05) is 24.0 Å². The topological polar surface area (TPSA) is 52.9 Å². The molecular formula is C12H12N4S. The van der Waals surface area contributed by atoms with Crippen molar-refractivity contribution in [3.8, 4) is 10.7 Å². The molecule has 0 radical (unpaired) electrons. The van der Waals surface area contributed by atoms with Crippen LogP contribution in [-0.2, 0) is 13.0 Å². The Balaban J connectivity index is 1.95. The molecule has 1 N–H and O–H groups in total. The lowest BCUT2D eigenvalue weighted by atomic mass is 10.2. The first-order chi connectivity index (χ1) is 8.36. The number of pyridine rings is 1. The van der Waals surface area contributed by atoms with Crippen molar-refractivity contribution in [3.63, 3.8) is 0 Å². The summed E-state index contributed by atoms with van der Waals surface area (Å²) in [6, 6.07) is 5.87. The highest BCUT2D eigenvalue weighted by Gasteiger charge is 2.19. The third kappa shape index (κ3) is 1.93. The van der Waals surface area contributed by atoms with Crippen molar-refractivity contribution in [2.45, 2.75) is 13.0 Å². The van der Waals surface area contributed by atoms with Crippen LogP contribution < -0.4 is 0 Å². The van der Waals surface area contributed by atoms with Crippen molar-refractivity contribution in [2.24, 2.45) is 0 Å². The lowest BCUT2D eigenvalue weighted by Crippen LogP contribution is -2.28.